The van der Waals surface area contributed by atoms with Crippen molar-refractivity contribution in [3.05, 3.63) is 53.1 Å². The van der Waals surface area contributed by atoms with Gasteiger partial charge in [0.1, 0.15) is 29.2 Å². The van der Waals surface area contributed by atoms with Crippen molar-refractivity contribution in [2.75, 3.05) is 18.5 Å². The van der Waals surface area contributed by atoms with Crippen LogP contribution in [0.3, 0.4) is 0 Å². The lowest BCUT2D eigenvalue weighted by Crippen LogP contribution is -2.33. The van der Waals surface area contributed by atoms with Crippen molar-refractivity contribution in [1.82, 2.24) is 5.32 Å². The highest BCUT2D eigenvalue weighted by Crippen LogP contribution is 2.38. The molecule has 1 unspecified atom stereocenters. The van der Waals surface area contributed by atoms with Crippen molar-refractivity contribution in [3.63, 3.8) is 0 Å². The number of rotatable bonds is 6. The Bertz CT molecular complexity index is 917. The largest absolute Gasteiger partial charge is 0.492 e. The van der Waals surface area contributed by atoms with Crippen LogP contribution in [0.5, 0.6) is 11.5 Å². The van der Waals surface area contributed by atoms with E-state index < -0.39 is 30.0 Å². The molecule has 0 radical (unpaired) electrons. The number of halogens is 2. The molecule has 0 saturated heterocycles. The fraction of sp³-hybridized carbons (Fsp3) is 0.300. The molecule has 2 aromatic rings. The SMILES string of the molecule is CCOc1cc2c(cc1NC(=O)CNC(=O)c1ccc(F)cc1F)OC(C)C2. The Balaban J connectivity index is 1.66. The van der Waals surface area contributed by atoms with E-state index in [2.05, 4.69) is 10.6 Å². The summed E-state index contributed by atoms with van der Waals surface area (Å²) in [5.74, 6) is -1.96. The van der Waals surface area contributed by atoms with Crippen LogP contribution in [0.2, 0.25) is 0 Å². The maximum absolute atomic E-state index is 13.6. The number of hydrogen-bond donors (Lipinski definition) is 2. The average Bonchev–Trinajstić information content (AvgIpc) is 2.99. The first kappa shape index (κ1) is 19.6. The van der Waals surface area contributed by atoms with E-state index >= 15 is 0 Å². The van der Waals surface area contributed by atoms with Crippen LogP contribution < -0.4 is 20.1 Å². The number of fused-ring (bicyclic) bond motifs is 1. The van der Waals surface area contributed by atoms with Crippen LogP contribution >= 0.6 is 0 Å². The van der Waals surface area contributed by atoms with Gasteiger partial charge in [0, 0.05) is 24.1 Å². The van der Waals surface area contributed by atoms with Crippen molar-refractivity contribution in [3.8, 4) is 11.5 Å². The molecule has 28 heavy (non-hydrogen) atoms. The lowest BCUT2D eigenvalue weighted by Gasteiger charge is -2.14. The third-order valence-corrected chi connectivity index (χ3v) is 4.16. The lowest BCUT2D eigenvalue weighted by molar-refractivity contribution is -0.115. The molecule has 2 aromatic carbocycles. The molecule has 8 heteroatoms. The van der Waals surface area contributed by atoms with Gasteiger partial charge in [-0.3, -0.25) is 9.59 Å². The van der Waals surface area contributed by atoms with E-state index in [9.17, 15) is 18.4 Å². The van der Waals surface area contributed by atoms with Crippen LogP contribution in [0.15, 0.2) is 30.3 Å². The van der Waals surface area contributed by atoms with Gasteiger partial charge in [-0.15, -0.1) is 0 Å². The first-order valence-electron chi connectivity index (χ1n) is 8.86. The zero-order valence-corrected chi connectivity index (χ0v) is 15.5. The number of hydrogen-bond acceptors (Lipinski definition) is 4. The highest BCUT2D eigenvalue weighted by atomic mass is 19.1. The first-order valence-corrected chi connectivity index (χ1v) is 8.86. The summed E-state index contributed by atoms with van der Waals surface area (Å²) in [6, 6.07) is 6.10. The molecule has 1 atom stereocenters. The van der Waals surface area contributed by atoms with Crippen LogP contribution in [-0.2, 0) is 11.2 Å². The van der Waals surface area contributed by atoms with E-state index in [1.165, 1.54) is 0 Å². The van der Waals surface area contributed by atoms with E-state index in [1.54, 1.807) is 6.07 Å². The van der Waals surface area contributed by atoms with Crippen molar-refractivity contribution in [2.24, 2.45) is 0 Å². The van der Waals surface area contributed by atoms with Crippen LogP contribution in [0, 0.1) is 11.6 Å². The van der Waals surface area contributed by atoms with E-state index in [0.29, 0.717) is 29.9 Å². The fourth-order valence-electron chi connectivity index (χ4n) is 2.94. The summed E-state index contributed by atoms with van der Waals surface area (Å²) in [5, 5.41) is 4.96. The summed E-state index contributed by atoms with van der Waals surface area (Å²) in [7, 11) is 0. The van der Waals surface area contributed by atoms with Gasteiger partial charge in [-0.2, -0.15) is 0 Å². The Labute approximate surface area is 160 Å². The number of nitrogens with one attached hydrogen (secondary N) is 2. The van der Waals surface area contributed by atoms with Crippen LogP contribution in [0.4, 0.5) is 14.5 Å². The van der Waals surface area contributed by atoms with E-state index in [4.69, 9.17) is 9.47 Å². The molecule has 0 fully saturated rings. The minimum atomic E-state index is -0.999. The standard InChI is InChI=1S/C20H20F2N2O4/c1-3-27-18-7-12-6-11(2)28-17(12)9-16(18)24-19(25)10-23-20(26)14-5-4-13(21)8-15(14)22/h4-5,7-9,11H,3,6,10H2,1-2H3,(H,23,26)(H,24,25). The van der Waals surface area contributed by atoms with Crippen molar-refractivity contribution >= 4 is 17.5 Å². The fourth-order valence-corrected chi connectivity index (χ4v) is 2.94. The van der Waals surface area contributed by atoms with Crippen molar-refractivity contribution in [2.45, 2.75) is 26.4 Å². The maximum Gasteiger partial charge on any atom is 0.254 e. The molecule has 0 saturated carbocycles. The molecule has 148 valence electrons. The van der Waals surface area contributed by atoms with Gasteiger partial charge >= 0.3 is 0 Å². The van der Waals surface area contributed by atoms with Crippen molar-refractivity contribution < 1.29 is 27.8 Å². The Morgan fingerprint density at radius 2 is 2.04 bits per heavy atom. The highest BCUT2D eigenvalue weighted by Gasteiger charge is 2.23. The van der Waals surface area contributed by atoms with Gasteiger partial charge < -0.3 is 20.1 Å². The number of amides is 2. The number of carbonyl (C=O) groups excluding carboxylic acids is 2. The number of ether oxygens (including phenoxy) is 2. The second-order valence-corrected chi connectivity index (χ2v) is 6.38. The molecular formula is C20H20F2N2O4. The maximum atomic E-state index is 13.6. The molecule has 0 aliphatic carbocycles. The lowest BCUT2D eigenvalue weighted by atomic mass is 10.1. The molecule has 0 aromatic heterocycles. The highest BCUT2D eigenvalue weighted by molar-refractivity contribution is 6.00. The second kappa shape index (κ2) is 8.24. The average molecular weight is 390 g/mol. The van der Waals surface area contributed by atoms with E-state index in [-0.39, 0.29) is 11.7 Å². The Kier molecular flexibility index (Phi) is 5.77. The molecule has 1 aliphatic heterocycles. The van der Waals surface area contributed by atoms with Gasteiger partial charge in [0.15, 0.2) is 0 Å². The zero-order valence-electron chi connectivity index (χ0n) is 15.5. The molecular weight excluding hydrogens is 370 g/mol. The van der Waals surface area contributed by atoms with Crippen LogP contribution in [0.25, 0.3) is 0 Å². The molecule has 0 spiro atoms. The summed E-state index contributed by atoms with van der Waals surface area (Å²) in [5.41, 5.74) is 1.07. The van der Waals surface area contributed by atoms with Gasteiger partial charge in [-0.1, -0.05) is 0 Å². The molecule has 3 rings (SSSR count). The van der Waals surface area contributed by atoms with E-state index in [1.807, 2.05) is 19.9 Å². The molecule has 1 aliphatic rings. The third kappa shape index (κ3) is 4.39. The van der Waals surface area contributed by atoms with Gasteiger partial charge in [-0.05, 0) is 32.0 Å². The number of benzene rings is 2. The third-order valence-electron chi connectivity index (χ3n) is 4.16. The Hall–Kier alpha value is -3.16. The molecule has 1 heterocycles. The summed E-state index contributed by atoms with van der Waals surface area (Å²) in [6.07, 6.45) is 0.795. The summed E-state index contributed by atoms with van der Waals surface area (Å²) >= 11 is 0. The monoisotopic (exact) mass is 390 g/mol. The quantitative estimate of drug-likeness (QED) is 0.795. The zero-order chi connectivity index (χ0) is 20.3. The number of carbonyl (C=O) groups is 2. The minimum absolute atomic E-state index is 0.0420. The topological polar surface area (TPSA) is 76.7 Å². The van der Waals surface area contributed by atoms with Crippen molar-refractivity contribution in [1.29, 1.82) is 0 Å². The molecule has 2 amide bonds. The normalized spacial score (nSPS) is 14.8. The van der Waals surface area contributed by atoms with Gasteiger partial charge in [0.05, 0.1) is 24.4 Å². The number of anilines is 1. The van der Waals surface area contributed by atoms with E-state index in [0.717, 1.165) is 24.1 Å². The first-order chi connectivity index (χ1) is 13.4. The molecule has 0 bridgehead atoms. The van der Waals surface area contributed by atoms with Crippen LogP contribution in [0.1, 0.15) is 29.8 Å². The predicted octanol–water partition coefficient (Wildman–Crippen LogP) is 3.06. The summed E-state index contributed by atoms with van der Waals surface area (Å²) in [4.78, 5) is 24.2. The molecule has 6 nitrogen and oxygen atoms in total. The van der Waals surface area contributed by atoms with Gasteiger partial charge in [0.25, 0.3) is 5.91 Å². The summed E-state index contributed by atoms with van der Waals surface area (Å²) in [6.45, 7) is 3.80. The van der Waals surface area contributed by atoms with Gasteiger partial charge in [0.2, 0.25) is 5.91 Å². The van der Waals surface area contributed by atoms with Gasteiger partial charge in [-0.25, -0.2) is 8.78 Å². The minimum Gasteiger partial charge on any atom is -0.492 e. The smallest absolute Gasteiger partial charge is 0.254 e. The van der Waals surface area contributed by atoms with Crippen LogP contribution in [-0.4, -0.2) is 31.1 Å². The second-order valence-electron chi connectivity index (χ2n) is 6.38. The Morgan fingerprint density at radius 1 is 1.25 bits per heavy atom. The molecule has 2 N–H and O–H groups in total. The summed E-state index contributed by atoms with van der Waals surface area (Å²) < 4.78 is 37.8. The predicted molar refractivity (Wildman–Crippen MR) is 98.7 cm³/mol. The Morgan fingerprint density at radius 3 is 2.75 bits per heavy atom.